The fourth-order valence-corrected chi connectivity index (χ4v) is 4.23. The van der Waals surface area contributed by atoms with Crippen molar-refractivity contribution in [3.63, 3.8) is 0 Å². The molecule has 1 aliphatic heterocycles. The third-order valence-electron chi connectivity index (χ3n) is 5.94. The highest BCUT2D eigenvalue weighted by Crippen LogP contribution is 2.21. The Kier molecular flexibility index (Phi) is 7.44. The molecule has 8 nitrogen and oxygen atoms in total. The van der Waals surface area contributed by atoms with Crippen LogP contribution in [0.2, 0.25) is 0 Å². The number of nitrogens with zero attached hydrogens (tertiary/aromatic N) is 4. The fourth-order valence-electron chi connectivity index (χ4n) is 4.23. The SMILES string of the molecule is Cc1cccc2c(=O)n(CC(=O)N3CCCC(CN(C(=O)OC(C)(C)C)C(C)C)C3)cnc12. The number of rotatable bonds is 5. The summed E-state index contributed by atoms with van der Waals surface area (Å²) < 4.78 is 6.96. The Bertz CT molecular complexity index is 1070. The predicted octanol–water partition coefficient (Wildman–Crippen LogP) is 3.59. The number of para-hydroxylation sites is 1. The average molecular weight is 457 g/mol. The van der Waals surface area contributed by atoms with Gasteiger partial charge in [-0.05, 0) is 71.9 Å². The normalized spacial score (nSPS) is 16.8. The number of hydrogen-bond donors (Lipinski definition) is 0. The van der Waals surface area contributed by atoms with Crippen LogP contribution in [0.25, 0.3) is 10.9 Å². The summed E-state index contributed by atoms with van der Waals surface area (Å²) in [6, 6.07) is 5.48. The van der Waals surface area contributed by atoms with Crippen LogP contribution in [0.5, 0.6) is 0 Å². The second-order valence-corrected chi connectivity index (χ2v) is 10.2. The van der Waals surface area contributed by atoms with Gasteiger partial charge in [0.1, 0.15) is 12.1 Å². The van der Waals surface area contributed by atoms with Crippen LogP contribution in [-0.2, 0) is 16.1 Å². The number of piperidine rings is 1. The Morgan fingerprint density at radius 2 is 2.00 bits per heavy atom. The van der Waals surface area contributed by atoms with Gasteiger partial charge in [0.15, 0.2) is 0 Å². The van der Waals surface area contributed by atoms with Crippen LogP contribution in [0.3, 0.4) is 0 Å². The minimum atomic E-state index is -0.557. The number of aromatic nitrogens is 2. The molecule has 1 aromatic carbocycles. The summed E-state index contributed by atoms with van der Waals surface area (Å²) in [5.74, 6) is 0.0516. The minimum absolute atomic E-state index is 0.00311. The number of aryl methyl sites for hydroxylation is 1. The smallest absolute Gasteiger partial charge is 0.410 e. The van der Waals surface area contributed by atoms with E-state index in [1.54, 1.807) is 15.9 Å². The van der Waals surface area contributed by atoms with Crippen LogP contribution in [0.4, 0.5) is 4.79 Å². The Morgan fingerprint density at radius 1 is 1.27 bits per heavy atom. The summed E-state index contributed by atoms with van der Waals surface area (Å²) in [6.07, 6.45) is 2.93. The lowest BCUT2D eigenvalue weighted by Crippen LogP contribution is -2.48. The van der Waals surface area contributed by atoms with Crippen LogP contribution < -0.4 is 5.56 Å². The van der Waals surface area contributed by atoms with Crippen molar-refractivity contribution in [1.29, 1.82) is 0 Å². The van der Waals surface area contributed by atoms with Crippen LogP contribution >= 0.6 is 0 Å². The molecule has 0 radical (unpaired) electrons. The number of benzene rings is 1. The first kappa shape index (κ1) is 24.7. The molecule has 1 aliphatic rings. The van der Waals surface area contributed by atoms with Gasteiger partial charge >= 0.3 is 6.09 Å². The second-order valence-electron chi connectivity index (χ2n) is 10.2. The van der Waals surface area contributed by atoms with E-state index < -0.39 is 5.60 Å². The lowest BCUT2D eigenvalue weighted by atomic mass is 9.97. The summed E-state index contributed by atoms with van der Waals surface area (Å²) in [5.41, 5.74) is 0.835. The van der Waals surface area contributed by atoms with E-state index in [0.717, 1.165) is 18.4 Å². The van der Waals surface area contributed by atoms with Crippen molar-refractivity contribution in [3.8, 4) is 0 Å². The molecule has 2 aromatic rings. The first-order valence-electron chi connectivity index (χ1n) is 11.7. The van der Waals surface area contributed by atoms with Crippen molar-refractivity contribution in [2.24, 2.45) is 5.92 Å². The molecule has 2 amide bonds. The maximum atomic E-state index is 13.0. The van der Waals surface area contributed by atoms with Gasteiger partial charge in [0.05, 0.1) is 17.2 Å². The lowest BCUT2D eigenvalue weighted by molar-refractivity contribution is -0.133. The molecular weight excluding hydrogens is 420 g/mol. The van der Waals surface area contributed by atoms with Gasteiger partial charge in [-0.25, -0.2) is 9.78 Å². The molecule has 0 saturated carbocycles. The monoisotopic (exact) mass is 456 g/mol. The summed E-state index contributed by atoms with van der Waals surface area (Å²) >= 11 is 0. The molecule has 0 N–H and O–H groups in total. The van der Waals surface area contributed by atoms with Gasteiger partial charge < -0.3 is 14.5 Å². The van der Waals surface area contributed by atoms with E-state index in [4.69, 9.17) is 4.74 Å². The van der Waals surface area contributed by atoms with Gasteiger partial charge in [0.2, 0.25) is 5.91 Å². The largest absolute Gasteiger partial charge is 0.444 e. The van der Waals surface area contributed by atoms with Crippen LogP contribution in [-0.4, -0.2) is 62.6 Å². The Balaban J connectivity index is 1.68. The van der Waals surface area contributed by atoms with Gasteiger partial charge in [-0.2, -0.15) is 0 Å². The third-order valence-corrected chi connectivity index (χ3v) is 5.94. The summed E-state index contributed by atoms with van der Waals surface area (Å²) in [7, 11) is 0. The van der Waals surface area contributed by atoms with Gasteiger partial charge in [0.25, 0.3) is 5.56 Å². The molecule has 33 heavy (non-hydrogen) atoms. The zero-order chi connectivity index (χ0) is 24.3. The highest BCUT2D eigenvalue weighted by Gasteiger charge is 2.30. The lowest BCUT2D eigenvalue weighted by Gasteiger charge is -2.37. The standard InChI is InChI=1S/C25H36N4O4/c1-17(2)29(24(32)33-25(4,5)6)14-19-10-8-12-27(13-19)21(30)15-28-16-26-22-18(3)9-7-11-20(22)23(28)31/h7,9,11,16-17,19H,8,10,12-15H2,1-6H3. The number of hydrogen-bond acceptors (Lipinski definition) is 5. The zero-order valence-corrected chi connectivity index (χ0v) is 20.6. The van der Waals surface area contributed by atoms with Crippen LogP contribution in [0, 0.1) is 12.8 Å². The molecule has 1 saturated heterocycles. The minimum Gasteiger partial charge on any atom is -0.444 e. The van der Waals surface area contributed by atoms with Gasteiger partial charge in [-0.1, -0.05) is 12.1 Å². The molecule has 1 unspecified atom stereocenters. The van der Waals surface area contributed by atoms with Crippen molar-refractivity contribution in [2.45, 2.75) is 72.6 Å². The molecule has 1 fully saturated rings. The summed E-state index contributed by atoms with van der Waals surface area (Å²) in [6.45, 7) is 13.1. The van der Waals surface area contributed by atoms with Crippen molar-refractivity contribution < 1.29 is 14.3 Å². The quantitative estimate of drug-likeness (QED) is 0.686. The topological polar surface area (TPSA) is 84.7 Å². The number of ether oxygens (including phenoxy) is 1. The molecule has 3 rings (SSSR count). The van der Waals surface area contributed by atoms with Gasteiger partial charge in [-0.3, -0.25) is 14.2 Å². The molecule has 1 atom stereocenters. The summed E-state index contributed by atoms with van der Waals surface area (Å²) in [5, 5.41) is 0.520. The molecule has 180 valence electrons. The van der Waals surface area contributed by atoms with Crippen LogP contribution in [0.1, 0.15) is 53.0 Å². The van der Waals surface area contributed by atoms with E-state index in [1.807, 2.05) is 53.7 Å². The number of carbonyl (C=O) groups is 2. The maximum absolute atomic E-state index is 13.0. The van der Waals surface area contributed by atoms with Crippen LogP contribution in [0.15, 0.2) is 29.3 Å². The van der Waals surface area contributed by atoms with E-state index in [1.165, 1.54) is 10.9 Å². The number of fused-ring (bicyclic) bond motifs is 1. The number of carbonyl (C=O) groups excluding carboxylic acids is 2. The van der Waals surface area contributed by atoms with E-state index in [2.05, 4.69) is 4.98 Å². The highest BCUT2D eigenvalue weighted by atomic mass is 16.6. The second kappa shape index (κ2) is 9.93. The highest BCUT2D eigenvalue weighted by molar-refractivity contribution is 5.81. The fraction of sp³-hybridized carbons (Fsp3) is 0.600. The molecule has 0 spiro atoms. The molecule has 8 heteroatoms. The molecule has 0 aliphatic carbocycles. The molecule has 1 aromatic heterocycles. The van der Waals surface area contributed by atoms with Gasteiger partial charge in [0, 0.05) is 25.7 Å². The predicted molar refractivity (Wildman–Crippen MR) is 128 cm³/mol. The first-order valence-corrected chi connectivity index (χ1v) is 11.7. The zero-order valence-electron chi connectivity index (χ0n) is 20.6. The number of likely N-dealkylation sites (tertiary alicyclic amines) is 1. The van der Waals surface area contributed by atoms with E-state index in [9.17, 15) is 14.4 Å². The Labute approximate surface area is 195 Å². The van der Waals surface area contributed by atoms with Crippen molar-refractivity contribution in [2.75, 3.05) is 19.6 Å². The molecular formula is C25H36N4O4. The average Bonchev–Trinajstić information content (AvgIpc) is 2.73. The molecule has 0 bridgehead atoms. The van der Waals surface area contributed by atoms with Crippen molar-refractivity contribution in [3.05, 3.63) is 40.4 Å². The van der Waals surface area contributed by atoms with E-state index in [-0.39, 0.29) is 36.1 Å². The van der Waals surface area contributed by atoms with E-state index >= 15 is 0 Å². The van der Waals surface area contributed by atoms with Crippen molar-refractivity contribution in [1.82, 2.24) is 19.4 Å². The third kappa shape index (κ3) is 6.12. The maximum Gasteiger partial charge on any atom is 0.410 e. The first-order chi connectivity index (χ1) is 15.5. The Morgan fingerprint density at radius 3 is 2.67 bits per heavy atom. The van der Waals surface area contributed by atoms with Crippen molar-refractivity contribution >= 4 is 22.9 Å². The van der Waals surface area contributed by atoms with E-state index in [0.29, 0.717) is 30.5 Å². The molecule has 2 heterocycles. The number of amides is 2. The Hall–Kier alpha value is -2.90. The summed E-state index contributed by atoms with van der Waals surface area (Å²) in [4.78, 5) is 46.5. The van der Waals surface area contributed by atoms with Gasteiger partial charge in [-0.15, -0.1) is 0 Å².